The molecule has 1 heterocycles. The van der Waals surface area contributed by atoms with Gasteiger partial charge in [0.15, 0.2) is 0 Å². The van der Waals surface area contributed by atoms with Crippen molar-refractivity contribution in [3.8, 4) is 0 Å². The number of rotatable bonds is 0. The molecule has 1 aliphatic heterocycles. The first-order valence-electron chi connectivity index (χ1n) is 5.00. The summed E-state index contributed by atoms with van der Waals surface area (Å²) in [6.45, 7) is 7.41. The van der Waals surface area contributed by atoms with Crippen molar-refractivity contribution in [2.75, 3.05) is 13.1 Å². The fraction of sp³-hybridized carbons (Fsp3) is 0.900. The van der Waals surface area contributed by atoms with E-state index in [0.29, 0.717) is 16.7 Å². The highest BCUT2D eigenvalue weighted by atomic mass is 79.9. The number of fused-ring (bicyclic) bond motifs is 1. The first-order chi connectivity index (χ1) is 6.38. The Morgan fingerprint density at radius 3 is 2.29 bits per heavy atom. The molecule has 1 saturated heterocycles. The number of carbonyl (C=O) groups excluding carboxylic acids is 1. The maximum absolute atomic E-state index is 11.6. The van der Waals surface area contributed by atoms with Crippen LogP contribution in [-0.4, -0.2) is 34.5 Å². The van der Waals surface area contributed by atoms with Crippen LogP contribution in [0.4, 0.5) is 4.79 Å². The van der Waals surface area contributed by atoms with Crippen LogP contribution in [0.15, 0.2) is 0 Å². The van der Waals surface area contributed by atoms with Crippen molar-refractivity contribution in [1.29, 1.82) is 0 Å². The Bertz CT molecular complexity index is 249. The number of alkyl halides is 1. The number of carbonyl (C=O) groups is 1. The molecule has 14 heavy (non-hydrogen) atoms. The number of likely N-dealkylation sites (tertiary alicyclic amines) is 1. The maximum atomic E-state index is 11.6. The van der Waals surface area contributed by atoms with Gasteiger partial charge in [-0.05, 0) is 32.6 Å². The van der Waals surface area contributed by atoms with E-state index < -0.39 is 0 Å². The highest BCUT2D eigenvalue weighted by molar-refractivity contribution is 9.09. The Morgan fingerprint density at radius 1 is 1.36 bits per heavy atom. The van der Waals surface area contributed by atoms with E-state index in [1.165, 1.54) is 0 Å². The third-order valence-electron chi connectivity index (χ3n) is 2.74. The molecule has 80 valence electrons. The Kier molecular flexibility index (Phi) is 2.29. The highest BCUT2D eigenvalue weighted by Crippen LogP contribution is 2.50. The van der Waals surface area contributed by atoms with Crippen LogP contribution < -0.4 is 0 Å². The standard InChI is InChI=1S/C10H16BrNO2/c1-10(2,3)14-9(13)12-4-6-7(5-12)8(6)11/h6-8H,4-5H2,1-3H3. The fourth-order valence-corrected chi connectivity index (χ4v) is 2.87. The molecule has 3 nitrogen and oxygen atoms in total. The third kappa shape index (κ3) is 1.90. The second-order valence-electron chi connectivity index (χ2n) is 5.16. The summed E-state index contributed by atoms with van der Waals surface area (Å²) in [5, 5.41) is 0. The van der Waals surface area contributed by atoms with Gasteiger partial charge in [-0.25, -0.2) is 4.79 Å². The average molecular weight is 262 g/mol. The molecule has 1 saturated carbocycles. The van der Waals surface area contributed by atoms with Crippen LogP contribution in [0.2, 0.25) is 0 Å². The summed E-state index contributed by atoms with van der Waals surface area (Å²) in [6.07, 6.45) is -0.163. The zero-order valence-corrected chi connectivity index (χ0v) is 10.4. The van der Waals surface area contributed by atoms with E-state index in [4.69, 9.17) is 4.74 Å². The molecule has 0 aromatic rings. The van der Waals surface area contributed by atoms with Gasteiger partial charge in [0, 0.05) is 17.9 Å². The average Bonchev–Trinajstić information content (AvgIpc) is 2.47. The van der Waals surface area contributed by atoms with Gasteiger partial charge in [0.2, 0.25) is 0 Å². The molecule has 2 fully saturated rings. The van der Waals surface area contributed by atoms with Crippen molar-refractivity contribution in [3.63, 3.8) is 0 Å². The normalized spacial score (nSPS) is 35.4. The number of amides is 1. The molecule has 2 atom stereocenters. The molecular formula is C10H16BrNO2. The Balaban J connectivity index is 1.84. The predicted octanol–water partition coefficient (Wildman–Crippen LogP) is 2.25. The van der Waals surface area contributed by atoms with E-state index in [1.54, 1.807) is 0 Å². The number of hydrogen-bond acceptors (Lipinski definition) is 2. The summed E-state index contributed by atoms with van der Waals surface area (Å²) in [5.74, 6) is 1.34. The number of nitrogens with zero attached hydrogens (tertiary/aromatic N) is 1. The van der Waals surface area contributed by atoms with Gasteiger partial charge in [-0.3, -0.25) is 0 Å². The van der Waals surface area contributed by atoms with Crippen molar-refractivity contribution in [3.05, 3.63) is 0 Å². The smallest absolute Gasteiger partial charge is 0.410 e. The Morgan fingerprint density at radius 2 is 1.86 bits per heavy atom. The highest BCUT2D eigenvalue weighted by Gasteiger charge is 2.55. The first-order valence-corrected chi connectivity index (χ1v) is 5.92. The number of hydrogen-bond donors (Lipinski definition) is 0. The molecule has 4 heteroatoms. The molecule has 2 rings (SSSR count). The molecule has 2 aliphatic rings. The quantitative estimate of drug-likeness (QED) is 0.626. The Hall–Kier alpha value is -0.250. The van der Waals surface area contributed by atoms with E-state index in [-0.39, 0.29) is 11.7 Å². The summed E-state index contributed by atoms with van der Waals surface area (Å²) < 4.78 is 5.30. The van der Waals surface area contributed by atoms with Crippen molar-refractivity contribution >= 4 is 22.0 Å². The lowest BCUT2D eigenvalue weighted by molar-refractivity contribution is 0.0275. The SMILES string of the molecule is CC(C)(C)OC(=O)N1CC2C(Br)C2C1. The van der Waals surface area contributed by atoms with Crippen LogP contribution in [0, 0.1) is 11.8 Å². The van der Waals surface area contributed by atoms with Crippen LogP contribution >= 0.6 is 15.9 Å². The van der Waals surface area contributed by atoms with Crippen LogP contribution in [0.5, 0.6) is 0 Å². The van der Waals surface area contributed by atoms with Gasteiger partial charge in [0.25, 0.3) is 0 Å². The van der Waals surface area contributed by atoms with E-state index in [2.05, 4.69) is 15.9 Å². The lowest BCUT2D eigenvalue weighted by atomic mass is 10.2. The molecule has 0 aromatic carbocycles. The molecular weight excluding hydrogens is 246 g/mol. The third-order valence-corrected chi connectivity index (χ3v) is 4.10. The monoisotopic (exact) mass is 261 g/mol. The van der Waals surface area contributed by atoms with Gasteiger partial charge in [-0.15, -0.1) is 0 Å². The van der Waals surface area contributed by atoms with E-state index >= 15 is 0 Å². The molecule has 0 spiro atoms. The van der Waals surface area contributed by atoms with Crippen LogP contribution in [-0.2, 0) is 4.74 Å². The number of halogens is 1. The molecule has 2 unspecified atom stereocenters. The van der Waals surface area contributed by atoms with Gasteiger partial charge in [-0.1, -0.05) is 15.9 Å². The lowest BCUT2D eigenvalue weighted by Crippen LogP contribution is -2.37. The topological polar surface area (TPSA) is 29.5 Å². The van der Waals surface area contributed by atoms with Crippen molar-refractivity contribution in [2.45, 2.75) is 31.2 Å². The van der Waals surface area contributed by atoms with Crippen LogP contribution in [0.1, 0.15) is 20.8 Å². The van der Waals surface area contributed by atoms with Gasteiger partial charge in [0.1, 0.15) is 5.60 Å². The first kappa shape index (κ1) is 10.3. The second kappa shape index (κ2) is 3.12. The summed E-state index contributed by atoms with van der Waals surface area (Å²) in [6, 6.07) is 0. The minimum atomic E-state index is -0.377. The molecule has 1 amide bonds. The predicted molar refractivity (Wildman–Crippen MR) is 57.5 cm³/mol. The maximum Gasteiger partial charge on any atom is 0.410 e. The summed E-state index contributed by atoms with van der Waals surface area (Å²) in [4.78, 5) is 14.1. The zero-order chi connectivity index (χ0) is 10.5. The fourth-order valence-electron chi connectivity index (χ4n) is 1.93. The minimum absolute atomic E-state index is 0.163. The number of ether oxygens (including phenoxy) is 1. The van der Waals surface area contributed by atoms with E-state index in [9.17, 15) is 4.79 Å². The van der Waals surface area contributed by atoms with Crippen LogP contribution in [0.25, 0.3) is 0 Å². The van der Waals surface area contributed by atoms with Gasteiger partial charge in [0.05, 0.1) is 0 Å². The number of piperidine rings is 1. The summed E-state index contributed by atoms with van der Waals surface area (Å²) in [5.41, 5.74) is -0.377. The molecule has 0 N–H and O–H groups in total. The minimum Gasteiger partial charge on any atom is -0.444 e. The molecule has 1 aliphatic carbocycles. The molecule has 0 aromatic heterocycles. The molecule has 0 bridgehead atoms. The van der Waals surface area contributed by atoms with Crippen molar-refractivity contribution < 1.29 is 9.53 Å². The van der Waals surface area contributed by atoms with Gasteiger partial charge in [-0.2, -0.15) is 0 Å². The van der Waals surface area contributed by atoms with E-state index in [1.807, 2.05) is 25.7 Å². The van der Waals surface area contributed by atoms with Crippen molar-refractivity contribution in [2.24, 2.45) is 11.8 Å². The summed E-state index contributed by atoms with van der Waals surface area (Å²) in [7, 11) is 0. The Labute approximate surface area is 92.9 Å². The van der Waals surface area contributed by atoms with Crippen molar-refractivity contribution in [1.82, 2.24) is 4.90 Å². The molecule has 0 radical (unpaired) electrons. The second-order valence-corrected chi connectivity index (χ2v) is 6.21. The van der Waals surface area contributed by atoms with Gasteiger partial charge >= 0.3 is 6.09 Å². The van der Waals surface area contributed by atoms with Crippen LogP contribution in [0.3, 0.4) is 0 Å². The van der Waals surface area contributed by atoms with Gasteiger partial charge < -0.3 is 9.64 Å². The summed E-state index contributed by atoms with van der Waals surface area (Å²) >= 11 is 3.58. The lowest BCUT2D eigenvalue weighted by Gasteiger charge is -2.25. The van der Waals surface area contributed by atoms with E-state index in [0.717, 1.165) is 13.1 Å². The largest absolute Gasteiger partial charge is 0.444 e. The zero-order valence-electron chi connectivity index (χ0n) is 8.79.